The van der Waals surface area contributed by atoms with E-state index in [1.165, 1.54) is 32.2 Å². The zero-order valence-electron chi connectivity index (χ0n) is 13.7. The van der Waals surface area contributed by atoms with Gasteiger partial charge >= 0.3 is 11.9 Å². The molecule has 0 saturated carbocycles. The minimum absolute atomic E-state index is 0.0505. The van der Waals surface area contributed by atoms with Crippen LogP contribution in [0.5, 0.6) is 5.75 Å². The molecule has 6 nitrogen and oxygen atoms in total. The molecule has 0 aliphatic heterocycles. The Morgan fingerprint density at radius 2 is 1.68 bits per heavy atom. The minimum Gasteiger partial charge on any atom is -0.497 e. The van der Waals surface area contributed by atoms with Crippen molar-refractivity contribution >= 4 is 29.2 Å². The molecule has 4 N–H and O–H groups in total. The third kappa shape index (κ3) is 3.13. The zero-order valence-corrected chi connectivity index (χ0v) is 14.4. The maximum atomic E-state index is 12.2. The van der Waals surface area contributed by atoms with Crippen LogP contribution >= 0.6 is 11.6 Å². The number of aliphatic carboxylic acids is 2. The second kappa shape index (κ2) is 7.03. The van der Waals surface area contributed by atoms with Crippen molar-refractivity contribution in [2.24, 2.45) is 0 Å². The lowest BCUT2D eigenvalue weighted by molar-refractivity contribution is -0.158. The molecule has 0 saturated heterocycles. The number of carboxylic acids is 2. The Labute approximate surface area is 149 Å². The zero-order chi connectivity index (χ0) is 18.8. The molecular formula is C18H18ClNO5. The van der Waals surface area contributed by atoms with Crippen LogP contribution in [0.25, 0.3) is 0 Å². The molecule has 1 atom stereocenters. The predicted molar refractivity (Wildman–Crippen MR) is 94.2 cm³/mol. The standard InChI is InChI=1S/C18H18ClNO5/c1-10(11-3-6-13(25-2)7-4-11)18(16(21)22,17(23)24)14-9-12(19)5-8-15(14)20/h3-10H,20H2,1-2H3,(H,21,22)(H,23,24). The summed E-state index contributed by atoms with van der Waals surface area (Å²) >= 11 is 5.96. The number of benzene rings is 2. The van der Waals surface area contributed by atoms with Gasteiger partial charge in [0.1, 0.15) is 5.75 Å². The lowest BCUT2D eigenvalue weighted by Crippen LogP contribution is -2.48. The fourth-order valence-electron chi connectivity index (χ4n) is 2.94. The second-order valence-electron chi connectivity index (χ2n) is 5.64. The van der Waals surface area contributed by atoms with E-state index in [1.807, 2.05) is 0 Å². The fourth-order valence-corrected chi connectivity index (χ4v) is 3.11. The van der Waals surface area contributed by atoms with Crippen molar-refractivity contribution in [1.29, 1.82) is 0 Å². The maximum absolute atomic E-state index is 12.2. The van der Waals surface area contributed by atoms with Crippen molar-refractivity contribution in [3.8, 4) is 5.75 Å². The molecule has 0 aliphatic carbocycles. The lowest BCUT2D eigenvalue weighted by Gasteiger charge is -2.33. The highest BCUT2D eigenvalue weighted by molar-refractivity contribution is 6.30. The number of carboxylic acid groups (broad SMARTS) is 2. The third-order valence-corrected chi connectivity index (χ3v) is 4.62. The highest BCUT2D eigenvalue weighted by Gasteiger charge is 2.54. The van der Waals surface area contributed by atoms with E-state index in [-0.39, 0.29) is 16.3 Å². The first-order chi connectivity index (χ1) is 11.7. The van der Waals surface area contributed by atoms with Crippen LogP contribution in [-0.4, -0.2) is 29.3 Å². The van der Waals surface area contributed by atoms with Crippen molar-refractivity contribution in [1.82, 2.24) is 0 Å². The maximum Gasteiger partial charge on any atom is 0.326 e. The number of anilines is 1. The molecule has 25 heavy (non-hydrogen) atoms. The van der Waals surface area contributed by atoms with E-state index in [0.717, 1.165) is 0 Å². The predicted octanol–water partition coefficient (Wildman–Crippen LogP) is 3.14. The highest BCUT2D eigenvalue weighted by atomic mass is 35.5. The molecule has 0 amide bonds. The summed E-state index contributed by atoms with van der Waals surface area (Å²) in [4.78, 5) is 24.3. The van der Waals surface area contributed by atoms with E-state index in [9.17, 15) is 19.8 Å². The Balaban J connectivity index is 2.72. The molecule has 132 valence electrons. The van der Waals surface area contributed by atoms with E-state index in [1.54, 1.807) is 24.3 Å². The van der Waals surface area contributed by atoms with Crippen molar-refractivity contribution < 1.29 is 24.5 Å². The number of nitrogen functional groups attached to an aromatic ring is 1. The lowest BCUT2D eigenvalue weighted by atomic mass is 9.67. The highest BCUT2D eigenvalue weighted by Crippen LogP contribution is 2.43. The minimum atomic E-state index is -2.29. The third-order valence-electron chi connectivity index (χ3n) is 4.38. The van der Waals surface area contributed by atoms with Gasteiger partial charge in [-0.3, -0.25) is 9.59 Å². The summed E-state index contributed by atoms with van der Waals surface area (Å²) < 4.78 is 5.08. The molecule has 0 aliphatic rings. The quantitative estimate of drug-likeness (QED) is 0.537. The van der Waals surface area contributed by atoms with Crippen LogP contribution in [0, 0.1) is 0 Å². The van der Waals surface area contributed by atoms with E-state index in [4.69, 9.17) is 22.1 Å². The number of ether oxygens (including phenoxy) is 1. The Hall–Kier alpha value is -2.73. The molecule has 2 aromatic rings. The Kier molecular flexibility index (Phi) is 5.23. The average Bonchev–Trinajstić information content (AvgIpc) is 2.57. The first-order valence-electron chi connectivity index (χ1n) is 7.41. The van der Waals surface area contributed by atoms with Crippen molar-refractivity contribution in [2.45, 2.75) is 18.3 Å². The van der Waals surface area contributed by atoms with E-state index in [0.29, 0.717) is 11.3 Å². The van der Waals surface area contributed by atoms with Gasteiger partial charge < -0.3 is 20.7 Å². The van der Waals surface area contributed by atoms with Crippen LogP contribution in [0.15, 0.2) is 42.5 Å². The van der Waals surface area contributed by atoms with Crippen LogP contribution in [0.2, 0.25) is 5.02 Å². The summed E-state index contributed by atoms with van der Waals surface area (Å²) in [6, 6.07) is 10.7. The molecular weight excluding hydrogens is 346 g/mol. The molecule has 0 heterocycles. The van der Waals surface area contributed by atoms with E-state index < -0.39 is 23.3 Å². The van der Waals surface area contributed by atoms with E-state index in [2.05, 4.69) is 0 Å². The Morgan fingerprint density at radius 1 is 1.12 bits per heavy atom. The SMILES string of the molecule is COc1ccc(C(C)C(C(=O)O)(C(=O)O)c2cc(Cl)ccc2N)cc1. The summed E-state index contributed by atoms with van der Waals surface area (Å²) in [7, 11) is 1.50. The molecule has 7 heteroatoms. The molecule has 0 bridgehead atoms. The number of carbonyl (C=O) groups is 2. The Bertz CT molecular complexity index is 790. The first kappa shape index (κ1) is 18.6. The van der Waals surface area contributed by atoms with Crippen LogP contribution in [-0.2, 0) is 15.0 Å². The fraction of sp³-hybridized carbons (Fsp3) is 0.222. The number of rotatable bonds is 6. The van der Waals surface area contributed by atoms with Gasteiger partial charge in [-0.2, -0.15) is 0 Å². The Morgan fingerprint density at radius 3 is 2.16 bits per heavy atom. The molecule has 0 fully saturated rings. The van der Waals surface area contributed by atoms with Gasteiger partial charge in [0.15, 0.2) is 5.41 Å². The normalized spacial score (nSPS) is 12.4. The average molecular weight is 364 g/mol. The molecule has 2 rings (SSSR count). The summed E-state index contributed by atoms with van der Waals surface area (Å²) in [5, 5.41) is 20.0. The number of nitrogens with two attached hydrogens (primary N) is 1. The van der Waals surface area contributed by atoms with Gasteiger partial charge in [-0.1, -0.05) is 30.7 Å². The molecule has 2 aromatic carbocycles. The van der Waals surface area contributed by atoms with Gasteiger partial charge in [0, 0.05) is 22.2 Å². The molecule has 0 spiro atoms. The summed E-state index contributed by atoms with van der Waals surface area (Å²) in [5.74, 6) is -3.38. The number of hydrogen-bond donors (Lipinski definition) is 3. The van der Waals surface area contributed by atoms with Crippen LogP contribution in [0.1, 0.15) is 24.0 Å². The molecule has 0 radical (unpaired) electrons. The van der Waals surface area contributed by atoms with Gasteiger partial charge in [0.05, 0.1) is 7.11 Å². The van der Waals surface area contributed by atoms with Gasteiger partial charge in [0.25, 0.3) is 0 Å². The number of halogens is 1. The summed E-state index contributed by atoms with van der Waals surface area (Å²) in [6.45, 7) is 1.53. The van der Waals surface area contributed by atoms with E-state index >= 15 is 0 Å². The second-order valence-corrected chi connectivity index (χ2v) is 6.08. The van der Waals surface area contributed by atoms with Crippen LogP contribution in [0.4, 0.5) is 5.69 Å². The van der Waals surface area contributed by atoms with Crippen LogP contribution in [0.3, 0.4) is 0 Å². The monoisotopic (exact) mass is 363 g/mol. The van der Waals surface area contributed by atoms with Gasteiger partial charge in [-0.25, -0.2) is 0 Å². The summed E-state index contributed by atoms with van der Waals surface area (Å²) in [6.07, 6.45) is 0. The molecule has 1 unspecified atom stereocenters. The van der Waals surface area contributed by atoms with Crippen molar-refractivity contribution in [3.05, 3.63) is 58.6 Å². The van der Waals surface area contributed by atoms with Gasteiger partial charge in [-0.15, -0.1) is 0 Å². The number of hydrogen-bond acceptors (Lipinski definition) is 4. The summed E-state index contributed by atoms with van der Waals surface area (Å²) in [5.41, 5.74) is 4.14. The number of methoxy groups -OCH3 is 1. The van der Waals surface area contributed by atoms with Crippen molar-refractivity contribution in [2.75, 3.05) is 12.8 Å². The van der Waals surface area contributed by atoms with Crippen LogP contribution < -0.4 is 10.5 Å². The smallest absolute Gasteiger partial charge is 0.326 e. The van der Waals surface area contributed by atoms with Gasteiger partial charge in [-0.05, 0) is 35.9 Å². The van der Waals surface area contributed by atoms with Crippen molar-refractivity contribution in [3.63, 3.8) is 0 Å². The first-order valence-corrected chi connectivity index (χ1v) is 7.79. The van der Waals surface area contributed by atoms with Gasteiger partial charge in [0.2, 0.25) is 0 Å². The topological polar surface area (TPSA) is 110 Å². The molecule has 0 aromatic heterocycles. The largest absolute Gasteiger partial charge is 0.497 e.